The van der Waals surface area contributed by atoms with Crippen LogP contribution in [0.5, 0.6) is 5.75 Å². The molecule has 2 N–H and O–H groups in total. The van der Waals surface area contributed by atoms with Crippen LogP contribution in [0.1, 0.15) is 37.3 Å². The van der Waals surface area contributed by atoms with E-state index in [4.69, 9.17) is 9.73 Å². The first-order valence-electron chi connectivity index (χ1n) is 9.96. The van der Waals surface area contributed by atoms with Gasteiger partial charge in [-0.1, -0.05) is 12.1 Å². The maximum Gasteiger partial charge on any atom is 0.191 e. The summed E-state index contributed by atoms with van der Waals surface area (Å²) in [7, 11) is 3.94. The summed E-state index contributed by atoms with van der Waals surface area (Å²) in [5.74, 6) is 2.72. The molecule has 0 spiro atoms. The molecule has 26 heavy (non-hydrogen) atoms. The van der Waals surface area contributed by atoms with Gasteiger partial charge in [0.25, 0.3) is 0 Å². The Bertz CT molecular complexity index is 565. The van der Waals surface area contributed by atoms with Crippen LogP contribution >= 0.6 is 0 Å². The molecular weight excluding hydrogens is 324 g/mol. The van der Waals surface area contributed by atoms with Crippen LogP contribution in [-0.4, -0.2) is 57.7 Å². The molecule has 0 aromatic heterocycles. The third-order valence-electron chi connectivity index (χ3n) is 5.17. The Labute approximate surface area is 159 Å². The van der Waals surface area contributed by atoms with Crippen molar-refractivity contribution in [3.63, 3.8) is 0 Å². The van der Waals surface area contributed by atoms with Crippen LogP contribution in [0.25, 0.3) is 0 Å². The first-order valence-corrected chi connectivity index (χ1v) is 9.96. The average molecular weight is 361 g/mol. The van der Waals surface area contributed by atoms with Crippen LogP contribution in [0, 0.1) is 12.8 Å². The summed E-state index contributed by atoms with van der Waals surface area (Å²) in [4.78, 5) is 7.18. The molecule has 1 aromatic carbocycles. The van der Waals surface area contributed by atoms with Crippen molar-refractivity contribution in [2.45, 2.75) is 39.5 Å². The molecule has 0 saturated carbocycles. The highest BCUT2D eigenvalue weighted by Crippen LogP contribution is 2.20. The minimum Gasteiger partial charge on any atom is -0.496 e. The summed E-state index contributed by atoms with van der Waals surface area (Å²) < 4.78 is 5.41. The minimum atomic E-state index is 0.831. The van der Waals surface area contributed by atoms with E-state index in [1.807, 2.05) is 0 Å². The van der Waals surface area contributed by atoms with Crippen LogP contribution < -0.4 is 15.4 Å². The van der Waals surface area contributed by atoms with Crippen LogP contribution in [-0.2, 0) is 6.42 Å². The predicted octanol–water partition coefficient (Wildman–Crippen LogP) is 2.83. The molecule has 5 heteroatoms. The van der Waals surface area contributed by atoms with Gasteiger partial charge in [-0.05, 0) is 82.8 Å². The molecule has 0 radical (unpaired) electrons. The third kappa shape index (κ3) is 6.87. The van der Waals surface area contributed by atoms with Crippen LogP contribution in [0.2, 0.25) is 0 Å². The highest BCUT2D eigenvalue weighted by atomic mass is 16.5. The number of methoxy groups -OCH3 is 1. The quantitative estimate of drug-likeness (QED) is 0.553. The highest BCUT2D eigenvalue weighted by Gasteiger charge is 2.15. The fourth-order valence-corrected chi connectivity index (χ4v) is 3.40. The van der Waals surface area contributed by atoms with E-state index < -0.39 is 0 Å². The lowest BCUT2D eigenvalue weighted by Gasteiger charge is -2.28. The smallest absolute Gasteiger partial charge is 0.191 e. The van der Waals surface area contributed by atoms with Crippen LogP contribution in [0.3, 0.4) is 0 Å². The van der Waals surface area contributed by atoms with Gasteiger partial charge < -0.3 is 20.3 Å². The first-order chi connectivity index (χ1) is 12.6. The zero-order chi connectivity index (χ0) is 18.8. The highest BCUT2D eigenvalue weighted by molar-refractivity contribution is 5.79. The first kappa shape index (κ1) is 20.6. The van der Waals surface area contributed by atoms with E-state index in [2.05, 4.69) is 54.6 Å². The number of piperidine rings is 1. The van der Waals surface area contributed by atoms with E-state index in [9.17, 15) is 0 Å². The van der Waals surface area contributed by atoms with Crippen molar-refractivity contribution in [1.29, 1.82) is 0 Å². The van der Waals surface area contributed by atoms with E-state index in [0.717, 1.165) is 43.7 Å². The van der Waals surface area contributed by atoms with Gasteiger partial charge in [-0.15, -0.1) is 0 Å². The number of hydrogen-bond acceptors (Lipinski definition) is 3. The van der Waals surface area contributed by atoms with Gasteiger partial charge in [0.2, 0.25) is 0 Å². The molecule has 1 heterocycles. The van der Waals surface area contributed by atoms with E-state index >= 15 is 0 Å². The summed E-state index contributed by atoms with van der Waals surface area (Å²) in [6.07, 6.45) is 4.77. The summed E-state index contributed by atoms with van der Waals surface area (Å²) >= 11 is 0. The average Bonchev–Trinajstić information content (AvgIpc) is 2.64. The second-order valence-electron chi connectivity index (χ2n) is 7.28. The van der Waals surface area contributed by atoms with Crippen molar-refractivity contribution in [2.24, 2.45) is 10.9 Å². The SMILES string of the molecule is CCNC(=NCCC1CCN(C)CC1)NCCc1ccc(C)c(OC)c1. The molecule has 1 fully saturated rings. The monoisotopic (exact) mass is 360 g/mol. The lowest BCUT2D eigenvalue weighted by Crippen LogP contribution is -2.38. The lowest BCUT2D eigenvalue weighted by molar-refractivity contribution is 0.214. The van der Waals surface area contributed by atoms with Crippen LogP contribution in [0.15, 0.2) is 23.2 Å². The van der Waals surface area contributed by atoms with Gasteiger partial charge in [0.05, 0.1) is 7.11 Å². The number of benzene rings is 1. The van der Waals surface area contributed by atoms with Gasteiger partial charge in [-0.3, -0.25) is 4.99 Å². The molecule has 0 atom stereocenters. The number of guanidine groups is 1. The van der Waals surface area contributed by atoms with E-state index in [0.29, 0.717) is 0 Å². The Morgan fingerprint density at radius 3 is 2.73 bits per heavy atom. The van der Waals surface area contributed by atoms with Crippen molar-refractivity contribution >= 4 is 5.96 Å². The second kappa shape index (κ2) is 11.1. The van der Waals surface area contributed by atoms with Crippen molar-refractivity contribution in [1.82, 2.24) is 15.5 Å². The normalized spacial score (nSPS) is 16.5. The molecule has 1 aliphatic heterocycles. The summed E-state index contributed by atoms with van der Waals surface area (Å²) in [5, 5.41) is 6.81. The van der Waals surface area contributed by atoms with E-state index in [1.165, 1.54) is 43.5 Å². The van der Waals surface area contributed by atoms with Gasteiger partial charge in [-0.25, -0.2) is 0 Å². The Hall–Kier alpha value is -1.75. The van der Waals surface area contributed by atoms with E-state index in [-0.39, 0.29) is 0 Å². The summed E-state index contributed by atoms with van der Waals surface area (Å²) in [6.45, 7) is 9.30. The topological polar surface area (TPSA) is 48.9 Å². The lowest BCUT2D eigenvalue weighted by atomic mass is 9.94. The molecule has 0 bridgehead atoms. The maximum atomic E-state index is 5.41. The Kier molecular flexibility index (Phi) is 8.75. The Morgan fingerprint density at radius 1 is 1.27 bits per heavy atom. The Balaban J connectivity index is 1.76. The second-order valence-corrected chi connectivity index (χ2v) is 7.28. The molecule has 0 amide bonds. The number of rotatable bonds is 8. The number of hydrogen-bond donors (Lipinski definition) is 2. The molecular formula is C21H36N4O. The summed E-state index contributed by atoms with van der Waals surface area (Å²) in [5.41, 5.74) is 2.45. The number of aliphatic imine (C=N–C) groups is 1. The Morgan fingerprint density at radius 2 is 2.04 bits per heavy atom. The van der Waals surface area contributed by atoms with Crippen molar-refractivity contribution in [2.75, 3.05) is 46.9 Å². The van der Waals surface area contributed by atoms with Crippen molar-refractivity contribution in [3.8, 4) is 5.75 Å². The number of nitrogens with zero attached hydrogens (tertiary/aromatic N) is 2. The zero-order valence-electron chi connectivity index (χ0n) is 17.0. The molecule has 0 unspecified atom stereocenters. The molecule has 5 nitrogen and oxygen atoms in total. The third-order valence-corrected chi connectivity index (χ3v) is 5.17. The molecule has 1 saturated heterocycles. The largest absolute Gasteiger partial charge is 0.496 e. The van der Waals surface area contributed by atoms with Gasteiger partial charge >= 0.3 is 0 Å². The van der Waals surface area contributed by atoms with Gasteiger partial charge in [0.15, 0.2) is 5.96 Å². The zero-order valence-corrected chi connectivity index (χ0v) is 17.0. The van der Waals surface area contributed by atoms with Gasteiger partial charge in [-0.2, -0.15) is 0 Å². The number of likely N-dealkylation sites (tertiary alicyclic amines) is 1. The number of ether oxygens (including phenoxy) is 1. The molecule has 2 rings (SSSR count). The fourth-order valence-electron chi connectivity index (χ4n) is 3.40. The molecule has 1 aliphatic rings. The minimum absolute atomic E-state index is 0.831. The predicted molar refractivity (Wildman–Crippen MR) is 110 cm³/mol. The maximum absolute atomic E-state index is 5.41. The molecule has 1 aromatic rings. The van der Waals surface area contributed by atoms with E-state index in [1.54, 1.807) is 7.11 Å². The van der Waals surface area contributed by atoms with Crippen molar-refractivity contribution < 1.29 is 4.74 Å². The van der Waals surface area contributed by atoms with Crippen LogP contribution in [0.4, 0.5) is 0 Å². The standard InChI is InChI=1S/C21H36N4O/c1-5-22-21(23-12-8-18-10-14-25(3)15-11-18)24-13-9-19-7-6-17(2)20(16-19)26-4/h6-7,16,18H,5,8-15H2,1-4H3,(H2,22,23,24). The molecule has 146 valence electrons. The van der Waals surface area contributed by atoms with Crippen molar-refractivity contribution in [3.05, 3.63) is 29.3 Å². The summed E-state index contributed by atoms with van der Waals surface area (Å²) in [6, 6.07) is 6.42. The van der Waals surface area contributed by atoms with Gasteiger partial charge in [0.1, 0.15) is 5.75 Å². The van der Waals surface area contributed by atoms with Gasteiger partial charge in [0, 0.05) is 19.6 Å². The fraction of sp³-hybridized carbons (Fsp3) is 0.667. The number of nitrogens with one attached hydrogen (secondary N) is 2. The number of aryl methyl sites for hydroxylation is 1. The molecule has 0 aliphatic carbocycles.